The number of hydrogen-bond acceptors (Lipinski definition) is 4. The van der Waals surface area contributed by atoms with Crippen molar-refractivity contribution in [1.29, 1.82) is 0 Å². The Morgan fingerprint density at radius 1 is 0.625 bits per heavy atom. The summed E-state index contributed by atoms with van der Waals surface area (Å²) in [6.07, 6.45) is 4.84. The summed E-state index contributed by atoms with van der Waals surface area (Å²) in [6, 6.07) is 30.0. The van der Waals surface area contributed by atoms with E-state index in [4.69, 9.17) is 0 Å². The van der Waals surface area contributed by atoms with Gasteiger partial charge < -0.3 is 5.11 Å². The van der Waals surface area contributed by atoms with Crippen LogP contribution in [0.4, 0.5) is 0 Å². The molecule has 32 heavy (non-hydrogen) atoms. The Morgan fingerprint density at radius 3 is 1.59 bits per heavy atom. The molecule has 0 atom stereocenters. The number of aromatic nitrogens is 2. The Morgan fingerprint density at radius 2 is 1.09 bits per heavy atom. The predicted octanol–water partition coefficient (Wildman–Crippen LogP) is 6.25. The van der Waals surface area contributed by atoms with E-state index >= 15 is 0 Å². The second kappa shape index (κ2) is 11.8. The molecule has 0 saturated heterocycles. The van der Waals surface area contributed by atoms with Gasteiger partial charge in [-0.15, -0.1) is 0 Å². The fourth-order valence-electron chi connectivity index (χ4n) is 3.18. The minimum Gasteiger partial charge on any atom is -0.507 e. The average Bonchev–Trinajstić information content (AvgIpc) is 2.85. The van der Waals surface area contributed by atoms with E-state index < -0.39 is 0 Å². The molecule has 5 aromatic rings. The number of rotatable bonds is 3. The first-order valence-corrected chi connectivity index (χ1v) is 9.86. The molecule has 0 saturated carbocycles. The molecular weight excluding hydrogens is 536 g/mol. The van der Waals surface area contributed by atoms with Crippen molar-refractivity contribution in [3.8, 4) is 0 Å². The molecular formula is C27H20EuN2O2. The molecule has 2 aromatic heterocycles. The monoisotopic (exact) mass is 557 g/mol. The second-order valence-corrected chi connectivity index (χ2v) is 6.84. The largest absolute Gasteiger partial charge is 0.507 e. The minimum atomic E-state index is -0.202. The fourth-order valence-corrected chi connectivity index (χ4v) is 3.18. The summed E-state index contributed by atoms with van der Waals surface area (Å²) in [5.41, 5.74) is 3.16. The van der Waals surface area contributed by atoms with Crippen molar-refractivity contribution in [2.24, 2.45) is 0 Å². The topological polar surface area (TPSA) is 63.1 Å². The number of fused-ring (bicyclic) bond motifs is 3. The van der Waals surface area contributed by atoms with Gasteiger partial charge in [-0.1, -0.05) is 84.9 Å². The number of carbonyl (C=O) groups is 1. The number of pyridine rings is 2. The van der Waals surface area contributed by atoms with Crippen molar-refractivity contribution in [3.05, 3.63) is 127 Å². The summed E-state index contributed by atoms with van der Waals surface area (Å²) < 4.78 is 0. The van der Waals surface area contributed by atoms with Gasteiger partial charge in [-0.3, -0.25) is 14.8 Å². The zero-order valence-electron chi connectivity index (χ0n) is 17.1. The molecule has 0 aliphatic heterocycles. The zero-order valence-corrected chi connectivity index (χ0v) is 19.5. The van der Waals surface area contributed by atoms with Crippen LogP contribution in [-0.2, 0) is 0 Å². The van der Waals surface area contributed by atoms with Gasteiger partial charge in [0, 0.05) is 89.7 Å². The van der Waals surface area contributed by atoms with Crippen molar-refractivity contribution < 1.29 is 59.3 Å². The third-order valence-electron chi connectivity index (χ3n) is 4.74. The molecule has 0 aliphatic carbocycles. The van der Waals surface area contributed by atoms with Crippen molar-refractivity contribution in [2.75, 3.05) is 0 Å². The molecule has 0 aliphatic rings. The van der Waals surface area contributed by atoms with Crippen molar-refractivity contribution >= 4 is 33.3 Å². The van der Waals surface area contributed by atoms with Gasteiger partial charge in [-0.25, -0.2) is 0 Å². The molecule has 5 heteroatoms. The number of hydrogen-bond donors (Lipinski definition) is 1. The maximum Gasteiger partial charge on any atom is 0.189 e. The quantitative estimate of drug-likeness (QED) is 0.124. The van der Waals surface area contributed by atoms with Crippen molar-refractivity contribution in [1.82, 2.24) is 9.97 Å². The van der Waals surface area contributed by atoms with E-state index in [0.29, 0.717) is 11.1 Å². The first kappa shape index (κ1) is 23.9. The first-order valence-electron chi connectivity index (χ1n) is 9.86. The molecule has 4 nitrogen and oxygen atoms in total. The first-order chi connectivity index (χ1) is 15.2. The summed E-state index contributed by atoms with van der Waals surface area (Å²) in [5, 5.41) is 12.1. The van der Waals surface area contributed by atoms with Gasteiger partial charge in [0.05, 0.1) is 11.0 Å². The maximum atomic E-state index is 11.8. The van der Waals surface area contributed by atoms with Crippen LogP contribution in [0.15, 0.2) is 116 Å². The van der Waals surface area contributed by atoms with Crippen LogP contribution in [0.3, 0.4) is 0 Å². The number of carbonyl (C=O) groups excluding carboxylic acids is 1. The number of ketones is 1. The maximum absolute atomic E-state index is 11.8. The van der Waals surface area contributed by atoms with Gasteiger partial charge in [0.15, 0.2) is 5.78 Å². The molecule has 1 N–H and O–H groups in total. The van der Waals surface area contributed by atoms with E-state index in [1.165, 1.54) is 6.08 Å². The van der Waals surface area contributed by atoms with E-state index in [2.05, 4.69) is 34.2 Å². The molecule has 0 spiro atoms. The summed E-state index contributed by atoms with van der Waals surface area (Å²) in [4.78, 5) is 20.5. The van der Waals surface area contributed by atoms with Gasteiger partial charge in [0.1, 0.15) is 5.76 Å². The number of aliphatic hydroxyl groups excluding tert-OH is 1. The van der Waals surface area contributed by atoms with E-state index in [0.717, 1.165) is 21.8 Å². The molecule has 157 valence electrons. The second-order valence-electron chi connectivity index (χ2n) is 6.84. The van der Waals surface area contributed by atoms with Crippen LogP contribution >= 0.6 is 0 Å². The summed E-state index contributed by atoms with van der Waals surface area (Å²) in [7, 11) is 0. The van der Waals surface area contributed by atoms with Crippen LogP contribution in [0.1, 0.15) is 15.9 Å². The number of nitrogens with zero attached hydrogens (tertiary/aromatic N) is 2. The Kier molecular flexibility index (Phi) is 8.80. The Hall–Kier alpha value is -2.73. The Labute approximate surface area is 227 Å². The third-order valence-corrected chi connectivity index (χ3v) is 4.74. The van der Waals surface area contributed by atoms with Crippen LogP contribution < -0.4 is 0 Å². The molecule has 1 radical (unpaired) electrons. The fraction of sp³-hybridized carbons (Fsp3) is 0. The van der Waals surface area contributed by atoms with Gasteiger partial charge in [-0.05, 0) is 12.1 Å². The summed E-state index contributed by atoms with van der Waals surface area (Å²) in [5.74, 6) is -0.216. The van der Waals surface area contributed by atoms with Gasteiger partial charge >= 0.3 is 0 Å². The van der Waals surface area contributed by atoms with Crippen LogP contribution in [-0.4, -0.2) is 20.9 Å². The standard InChI is InChI=1S/C15H12O2.C12H8N2.Eu/c16-14(12-7-3-1-4-8-12)11-15(17)13-9-5-2-6-10-13;1-3-9-5-6-10-4-2-8-14-12(10)11(9)13-7-1;/h1-11,16H;1-8H;. The molecule has 3 aromatic carbocycles. The van der Waals surface area contributed by atoms with Crippen LogP contribution in [0, 0.1) is 49.4 Å². The molecule has 0 amide bonds. The normalized spacial score (nSPS) is 10.7. The minimum absolute atomic E-state index is 0. The molecule has 0 fully saturated rings. The van der Waals surface area contributed by atoms with Gasteiger partial charge in [-0.2, -0.15) is 0 Å². The third kappa shape index (κ3) is 5.95. The summed E-state index contributed by atoms with van der Waals surface area (Å²) in [6.45, 7) is 0. The van der Waals surface area contributed by atoms with Gasteiger partial charge in [0.25, 0.3) is 0 Å². The SMILES string of the molecule is O=C(C=C(O)c1ccccc1)c1ccccc1.[Eu].c1cnc2c(c1)ccc1cccnc12. The Balaban J connectivity index is 0.000000178. The van der Waals surface area contributed by atoms with Crippen molar-refractivity contribution in [3.63, 3.8) is 0 Å². The molecule has 5 rings (SSSR count). The van der Waals surface area contributed by atoms with E-state index in [1.54, 1.807) is 48.8 Å². The molecule has 2 heterocycles. The van der Waals surface area contributed by atoms with Gasteiger partial charge in [0.2, 0.25) is 0 Å². The van der Waals surface area contributed by atoms with E-state index in [-0.39, 0.29) is 60.9 Å². The smallest absolute Gasteiger partial charge is 0.189 e. The Bertz CT molecular complexity index is 1300. The number of aliphatic hydroxyl groups is 1. The molecule has 0 bridgehead atoms. The summed E-state index contributed by atoms with van der Waals surface area (Å²) >= 11 is 0. The van der Waals surface area contributed by atoms with E-state index in [9.17, 15) is 9.90 Å². The average molecular weight is 556 g/mol. The van der Waals surface area contributed by atoms with Crippen LogP contribution in [0.5, 0.6) is 0 Å². The predicted molar refractivity (Wildman–Crippen MR) is 125 cm³/mol. The number of benzene rings is 3. The van der Waals surface area contributed by atoms with Crippen molar-refractivity contribution in [2.45, 2.75) is 0 Å². The molecule has 0 unspecified atom stereocenters. The zero-order chi connectivity index (χ0) is 21.5. The number of allylic oxidation sites excluding steroid dienone is 1. The van der Waals surface area contributed by atoms with Crippen LogP contribution in [0.25, 0.3) is 27.6 Å². The van der Waals surface area contributed by atoms with Crippen LogP contribution in [0.2, 0.25) is 0 Å². The van der Waals surface area contributed by atoms with E-state index in [1.807, 2.05) is 36.4 Å².